The van der Waals surface area contributed by atoms with Crippen molar-refractivity contribution in [1.82, 2.24) is 5.32 Å². The Bertz CT molecular complexity index is 163. The summed E-state index contributed by atoms with van der Waals surface area (Å²) in [7, 11) is 0. The summed E-state index contributed by atoms with van der Waals surface area (Å²) in [5.41, 5.74) is 0. The first-order chi connectivity index (χ1) is 5.20. The van der Waals surface area contributed by atoms with Crippen molar-refractivity contribution >= 4 is 5.91 Å². The number of nitrogens with one attached hydrogen (secondary N) is 1. The number of halogens is 1. The molecule has 0 aromatic heterocycles. The van der Waals surface area contributed by atoms with Crippen molar-refractivity contribution in [1.29, 1.82) is 0 Å². The molecule has 11 heavy (non-hydrogen) atoms. The van der Waals surface area contributed by atoms with Gasteiger partial charge in [-0.25, -0.2) is 0 Å². The third kappa shape index (κ3) is 1.35. The predicted octanol–water partition coefficient (Wildman–Crippen LogP) is -0.301. The largest absolute Gasteiger partial charge is 0.394 e. The number of aliphatic hydroxyl groups is 1. The van der Waals surface area contributed by atoms with E-state index in [0.717, 1.165) is 0 Å². The fraction of sp³-hybridized carbons (Fsp3) is 0.857. The maximum Gasteiger partial charge on any atom is 0.223 e. The third-order valence-corrected chi connectivity index (χ3v) is 2.28. The Balaban J connectivity index is 2.64. The summed E-state index contributed by atoms with van der Waals surface area (Å²) >= 11 is 0. The molecular formula is C7H12FNO2. The first-order valence-corrected chi connectivity index (χ1v) is 3.68. The molecule has 2 N–H and O–H groups in total. The fourth-order valence-electron chi connectivity index (χ4n) is 1.39. The Kier molecular flexibility index (Phi) is 2.44. The molecule has 1 heterocycles. The average molecular weight is 161 g/mol. The van der Waals surface area contributed by atoms with Crippen LogP contribution in [0.5, 0.6) is 0 Å². The fourth-order valence-corrected chi connectivity index (χ4v) is 1.39. The van der Waals surface area contributed by atoms with Crippen LogP contribution in [0.15, 0.2) is 0 Å². The van der Waals surface area contributed by atoms with Crippen molar-refractivity contribution in [3.63, 3.8) is 0 Å². The van der Waals surface area contributed by atoms with Gasteiger partial charge in [-0.3, -0.25) is 9.18 Å². The molecule has 1 saturated heterocycles. The standard InChI is InChI=1S/C7H12FNO2/c1-4-5(2-8)6(3-10)9-7(4)11/h4-6,10H,2-3H2,1H3,(H,9,11)/t4-,5-,6+/m0/s1. The van der Waals surface area contributed by atoms with Crippen molar-refractivity contribution in [2.45, 2.75) is 13.0 Å². The average Bonchev–Trinajstić information content (AvgIpc) is 2.28. The summed E-state index contributed by atoms with van der Waals surface area (Å²) < 4.78 is 12.3. The van der Waals surface area contributed by atoms with E-state index >= 15 is 0 Å². The first-order valence-electron chi connectivity index (χ1n) is 3.68. The third-order valence-electron chi connectivity index (χ3n) is 2.28. The van der Waals surface area contributed by atoms with E-state index in [1.807, 2.05) is 0 Å². The van der Waals surface area contributed by atoms with Crippen LogP contribution in [0.4, 0.5) is 4.39 Å². The minimum Gasteiger partial charge on any atom is -0.394 e. The molecule has 0 aromatic carbocycles. The summed E-state index contributed by atoms with van der Waals surface area (Å²) in [6, 6.07) is -0.387. The normalized spacial score (nSPS) is 37.4. The van der Waals surface area contributed by atoms with Crippen LogP contribution in [0, 0.1) is 11.8 Å². The van der Waals surface area contributed by atoms with E-state index in [9.17, 15) is 9.18 Å². The zero-order valence-electron chi connectivity index (χ0n) is 6.38. The minimum atomic E-state index is -0.550. The SMILES string of the molecule is C[C@@H]1C(=O)N[C@H](CO)[C@H]1CF. The number of amides is 1. The molecular weight excluding hydrogens is 149 g/mol. The Labute approximate surface area is 64.6 Å². The highest BCUT2D eigenvalue weighted by Gasteiger charge is 2.38. The molecule has 3 nitrogen and oxygen atoms in total. The molecule has 0 aromatic rings. The lowest BCUT2D eigenvalue weighted by molar-refractivity contribution is -0.122. The van der Waals surface area contributed by atoms with Gasteiger partial charge in [-0.15, -0.1) is 0 Å². The van der Waals surface area contributed by atoms with E-state index in [0.29, 0.717) is 0 Å². The number of carbonyl (C=O) groups is 1. The molecule has 4 heteroatoms. The second-order valence-corrected chi connectivity index (χ2v) is 2.90. The van der Waals surface area contributed by atoms with Crippen LogP contribution in [-0.2, 0) is 4.79 Å². The van der Waals surface area contributed by atoms with E-state index in [1.54, 1.807) is 6.92 Å². The monoisotopic (exact) mass is 161 g/mol. The minimum absolute atomic E-state index is 0.160. The summed E-state index contributed by atoms with van der Waals surface area (Å²) in [4.78, 5) is 10.9. The first kappa shape index (κ1) is 8.46. The van der Waals surface area contributed by atoms with Crippen molar-refractivity contribution in [2.24, 2.45) is 11.8 Å². The van der Waals surface area contributed by atoms with Crippen LogP contribution in [0.1, 0.15) is 6.92 Å². The topological polar surface area (TPSA) is 49.3 Å². The molecule has 64 valence electrons. The lowest BCUT2D eigenvalue weighted by Crippen LogP contribution is -2.33. The van der Waals surface area contributed by atoms with Gasteiger partial charge in [-0.2, -0.15) is 0 Å². The number of alkyl halides is 1. The molecule has 1 rings (SSSR count). The van der Waals surface area contributed by atoms with E-state index in [1.165, 1.54) is 0 Å². The predicted molar refractivity (Wildman–Crippen MR) is 37.6 cm³/mol. The van der Waals surface area contributed by atoms with Gasteiger partial charge in [0.15, 0.2) is 0 Å². The van der Waals surface area contributed by atoms with Crippen molar-refractivity contribution in [3.05, 3.63) is 0 Å². The van der Waals surface area contributed by atoms with Crippen molar-refractivity contribution < 1.29 is 14.3 Å². The lowest BCUT2D eigenvalue weighted by atomic mass is 9.93. The summed E-state index contributed by atoms with van der Waals surface area (Å²) in [5, 5.41) is 11.2. The van der Waals surface area contributed by atoms with E-state index in [2.05, 4.69) is 5.32 Å². The molecule has 0 saturated carbocycles. The Morgan fingerprint density at radius 2 is 2.36 bits per heavy atom. The maximum atomic E-state index is 12.3. The summed E-state index contributed by atoms with van der Waals surface area (Å²) in [6.07, 6.45) is 0. The molecule has 3 atom stereocenters. The van der Waals surface area contributed by atoms with Gasteiger partial charge in [0, 0.05) is 11.8 Å². The van der Waals surface area contributed by atoms with Gasteiger partial charge in [-0.1, -0.05) is 6.92 Å². The summed E-state index contributed by atoms with van der Waals surface area (Å²) in [6.45, 7) is 0.949. The Hall–Kier alpha value is -0.640. The number of hydrogen-bond donors (Lipinski definition) is 2. The Morgan fingerprint density at radius 1 is 1.73 bits per heavy atom. The molecule has 1 fully saturated rings. The highest BCUT2D eigenvalue weighted by atomic mass is 19.1. The van der Waals surface area contributed by atoms with Crippen LogP contribution in [0.2, 0.25) is 0 Å². The van der Waals surface area contributed by atoms with Crippen LogP contribution in [-0.4, -0.2) is 30.3 Å². The number of hydrogen-bond acceptors (Lipinski definition) is 2. The molecule has 0 unspecified atom stereocenters. The molecule has 1 amide bonds. The second-order valence-electron chi connectivity index (χ2n) is 2.90. The molecule has 1 aliphatic rings. The van der Waals surface area contributed by atoms with Crippen molar-refractivity contribution in [3.8, 4) is 0 Å². The van der Waals surface area contributed by atoms with Crippen LogP contribution in [0.25, 0.3) is 0 Å². The van der Waals surface area contributed by atoms with Gasteiger partial charge in [-0.05, 0) is 0 Å². The van der Waals surface area contributed by atoms with Gasteiger partial charge in [0.05, 0.1) is 19.3 Å². The van der Waals surface area contributed by atoms with Gasteiger partial charge in [0.1, 0.15) is 0 Å². The molecule has 0 bridgehead atoms. The van der Waals surface area contributed by atoms with Gasteiger partial charge in [0.2, 0.25) is 5.91 Å². The van der Waals surface area contributed by atoms with Crippen LogP contribution < -0.4 is 5.32 Å². The second kappa shape index (κ2) is 3.17. The Morgan fingerprint density at radius 3 is 2.73 bits per heavy atom. The van der Waals surface area contributed by atoms with E-state index < -0.39 is 6.67 Å². The van der Waals surface area contributed by atoms with Crippen LogP contribution >= 0.6 is 0 Å². The summed E-state index contributed by atoms with van der Waals surface area (Å²) in [5.74, 6) is -0.823. The lowest BCUT2D eigenvalue weighted by Gasteiger charge is -2.14. The zero-order chi connectivity index (χ0) is 8.43. The maximum absolute atomic E-state index is 12.3. The molecule has 1 aliphatic heterocycles. The van der Waals surface area contributed by atoms with E-state index in [4.69, 9.17) is 5.11 Å². The van der Waals surface area contributed by atoms with E-state index in [-0.39, 0.29) is 30.4 Å². The quantitative estimate of drug-likeness (QED) is 0.584. The number of rotatable bonds is 2. The van der Waals surface area contributed by atoms with Crippen LogP contribution in [0.3, 0.4) is 0 Å². The highest BCUT2D eigenvalue weighted by Crippen LogP contribution is 2.23. The number of carbonyl (C=O) groups excluding carboxylic acids is 1. The molecule has 0 spiro atoms. The van der Waals surface area contributed by atoms with Gasteiger partial charge in [0.25, 0.3) is 0 Å². The highest BCUT2D eigenvalue weighted by molar-refractivity contribution is 5.81. The number of aliphatic hydroxyl groups excluding tert-OH is 1. The van der Waals surface area contributed by atoms with Gasteiger partial charge >= 0.3 is 0 Å². The molecule has 0 radical (unpaired) electrons. The molecule has 0 aliphatic carbocycles. The zero-order valence-corrected chi connectivity index (χ0v) is 6.38. The smallest absolute Gasteiger partial charge is 0.223 e. The van der Waals surface area contributed by atoms with Gasteiger partial charge < -0.3 is 10.4 Å². The van der Waals surface area contributed by atoms with Crippen molar-refractivity contribution in [2.75, 3.05) is 13.3 Å².